The monoisotopic (exact) mass is 370 g/mol. The van der Waals surface area contributed by atoms with Crippen LogP contribution in [0.5, 0.6) is 11.5 Å². The van der Waals surface area contributed by atoms with Crippen molar-refractivity contribution in [1.82, 2.24) is 5.32 Å². The Labute approximate surface area is 160 Å². The minimum Gasteiger partial charge on any atom is -0.493 e. The largest absolute Gasteiger partial charge is 0.493 e. The molecule has 0 atom stereocenters. The van der Waals surface area contributed by atoms with Crippen molar-refractivity contribution < 1.29 is 9.47 Å². The molecular formula is C21H26N2O2S. The Kier molecular flexibility index (Phi) is 5.99. The molecule has 4 nitrogen and oxygen atoms in total. The van der Waals surface area contributed by atoms with Gasteiger partial charge < -0.3 is 20.1 Å². The van der Waals surface area contributed by atoms with Gasteiger partial charge >= 0.3 is 0 Å². The van der Waals surface area contributed by atoms with Crippen molar-refractivity contribution in [2.45, 2.75) is 31.1 Å². The third kappa shape index (κ3) is 4.10. The van der Waals surface area contributed by atoms with Gasteiger partial charge in [0.1, 0.15) is 0 Å². The first-order valence-corrected chi connectivity index (χ1v) is 9.40. The van der Waals surface area contributed by atoms with Gasteiger partial charge in [0.25, 0.3) is 0 Å². The molecule has 0 aliphatic heterocycles. The molecule has 0 radical (unpaired) electrons. The molecule has 1 aliphatic rings. The zero-order chi connectivity index (χ0) is 18.4. The van der Waals surface area contributed by atoms with Gasteiger partial charge in [0, 0.05) is 17.6 Å². The van der Waals surface area contributed by atoms with Crippen LogP contribution in [0.4, 0.5) is 5.69 Å². The van der Waals surface area contributed by atoms with E-state index in [1.54, 1.807) is 14.2 Å². The lowest BCUT2D eigenvalue weighted by atomic mass is 9.78. The van der Waals surface area contributed by atoms with Crippen LogP contribution in [0.15, 0.2) is 48.5 Å². The lowest BCUT2D eigenvalue weighted by Crippen LogP contribution is -2.40. The second-order valence-corrected chi connectivity index (χ2v) is 7.14. The number of benzene rings is 2. The number of methoxy groups -OCH3 is 2. The average Bonchev–Trinajstić information content (AvgIpc) is 3.17. The first kappa shape index (κ1) is 18.5. The third-order valence-corrected chi connectivity index (χ3v) is 5.42. The third-order valence-electron chi connectivity index (χ3n) is 5.18. The molecule has 0 bridgehead atoms. The number of anilines is 1. The fraction of sp³-hybridized carbons (Fsp3) is 0.381. The smallest absolute Gasteiger partial charge is 0.170 e. The van der Waals surface area contributed by atoms with Crippen molar-refractivity contribution in [1.29, 1.82) is 0 Å². The van der Waals surface area contributed by atoms with E-state index in [2.05, 4.69) is 22.8 Å². The van der Waals surface area contributed by atoms with E-state index in [4.69, 9.17) is 21.7 Å². The molecule has 1 fully saturated rings. The molecular weight excluding hydrogens is 344 g/mol. The van der Waals surface area contributed by atoms with E-state index in [9.17, 15) is 0 Å². The number of thiocarbonyl (C=S) groups is 1. The van der Waals surface area contributed by atoms with Crippen LogP contribution in [0.3, 0.4) is 0 Å². The van der Waals surface area contributed by atoms with Gasteiger partial charge in [-0.2, -0.15) is 0 Å². The molecule has 0 saturated heterocycles. The second-order valence-electron chi connectivity index (χ2n) is 6.73. The van der Waals surface area contributed by atoms with Crippen LogP contribution in [0, 0.1) is 0 Å². The van der Waals surface area contributed by atoms with E-state index in [0.717, 1.165) is 36.6 Å². The van der Waals surface area contributed by atoms with Gasteiger partial charge in [0.2, 0.25) is 0 Å². The summed E-state index contributed by atoms with van der Waals surface area (Å²) in [5.41, 5.74) is 2.35. The molecule has 5 heteroatoms. The first-order chi connectivity index (χ1) is 12.7. The van der Waals surface area contributed by atoms with Crippen molar-refractivity contribution in [3.05, 3.63) is 54.1 Å². The number of ether oxygens (including phenoxy) is 2. The van der Waals surface area contributed by atoms with E-state index >= 15 is 0 Å². The Morgan fingerprint density at radius 1 is 1.00 bits per heavy atom. The topological polar surface area (TPSA) is 42.5 Å². The van der Waals surface area contributed by atoms with Gasteiger partial charge in [-0.25, -0.2) is 0 Å². The van der Waals surface area contributed by atoms with Crippen LogP contribution in [0.1, 0.15) is 31.2 Å². The summed E-state index contributed by atoms with van der Waals surface area (Å²) in [7, 11) is 3.35. The number of para-hydroxylation sites is 1. The van der Waals surface area contributed by atoms with E-state index in [-0.39, 0.29) is 5.41 Å². The SMILES string of the molecule is COc1ccc(C2(CNC(=S)Nc3ccccc3)CCCC2)cc1OC. The van der Waals surface area contributed by atoms with E-state index < -0.39 is 0 Å². The van der Waals surface area contributed by atoms with Gasteiger partial charge in [0.15, 0.2) is 16.6 Å². The molecule has 2 aromatic carbocycles. The van der Waals surface area contributed by atoms with Crippen molar-refractivity contribution in [2.75, 3.05) is 26.1 Å². The molecule has 2 N–H and O–H groups in total. The van der Waals surface area contributed by atoms with Crippen LogP contribution >= 0.6 is 12.2 Å². The second kappa shape index (κ2) is 8.41. The predicted octanol–water partition coefficient (Wildman–Crippen LogP) is 4.50. The Hall–Kier alpha value is -2.27. The van der Waals surface area contributed by atoms with Crippen LogP contribution < -0.4 is 20.1 Å². The fourth-order valence-corrected chi connectivity index (χ4v) is 3.92. The lowest BCUT2D eigenvalue weighted by Gasteiger charge is -2.31. The Balaban J connectivity index is 1.73. The van der Waals surface area contributed by atoms with Crippen molar-refractivity contribution in [3.63, 3.8) is 0 Å². The summed E-state index contributed by atoms with van der Waals surface area (Å²) in [5.74, 6) is 1.54. The summed E-state index contributed by atoms with van der Waals surface area (Å²) in [6, 6.07) is 16.3. The predicted molar refractivity (Wildman–Crippen MR) is 110 cm³/mol. The van der Waals surface area contributed by atoms with E-state index in [0.29, 0.717) is 5.11 Å². The highest BCUT2D eigenvalue weighted by Gasteiger charge is 2.36. The number of hydrogen-bond donors (Lipinski definition) is 2. The molecule has 1 saturated carbocycles. The number of hydrogen-bond acceptors (Lipinski definition) is 3. The molecule has 3 rings (SSSR count). The summed E-state index contributed by atoms with van der Waals surface area (Å²) in [5, 5.41) is 7.33. The van der Waals surface area contributed by atoms with Crippen molar-refractivity contribution in [2.24, 2.45) is 0 Å². The summed E-state index contributed by atoms with van der Waals surface area (Å²) < 4.78 is 10.9. The minimum atomic E-state index is 0.0714. The minimum absolute atomic E-state index is 0.0714. The van der Waals surface area contributed by atoms with Gasteiger partial charge in [-0.1, -0.05) is 37.1 Å². The standard InChI is InChI=1S/C21H26N2O2S/c1-24-18-11-10-16(14-19(18)25-2)21(12-6-7-13-21)15-22-20(26)23-17-8-4-3-5-9-17/h3-5,8-11,14H,6-7,12-13,15H2,1-2H3,(H2,22,23,26). The van der Waals surface area contributed by atoms with Gasteiger partial charge in [-0.3, -0.25) is 0 Å². The quantitative estimate of drug-likeness (QED) is 0.733. The van der Waals surface area contributed by atoms with Crippen LogP contribution in [-0.2, 0) is 5.41 Å². The molecule has 0 unspecified atom stereocenters. The van der Waals surface area contributed by atoms with Crippen LogP contribution in [0.25, 0.3) is 0 Å². The summed E-state index contributed by atoms with van der Waals surface area (Å²) >= 11 is 5.49. The Morgan fingerprint density at radius 2 is 1.69 bits per heavy atom. The Morgan fingerprint density at radius 3 is 2.35 bits per heavy atom. The van der Waals surface area contributed by atoms with E-state index in [1.807, 2.05) is 36.4 Å². The number of nitrogens with one attached hydrogen (secondary N) is 2. The molecule has 0 spiro atoms. The van der Waals surface area contributed by atoms with Gasteiger partial charge in [-0.05, 0) is 54.9 Å². The summed E-state index contributed by atoms with van der Waals surface area (Å²) in [6.07, 6.45) is 4.75. The van der Waals surface area contributed by atoms with E-state index in [1.165, 1.54) is 18.4 Å². The maximum atomic E-state index is 5.50. The number of rotatable bonds is 6. The lowest BCUT2D eigenvalue weighted by molar-refractivity contribution is 0.351. The van der Waals surface area contributed by atoms with Crippen molar-refractivity contribution >= 4 is 23.0 Å². The Bertz CT molecular complexity index is 743. The normalized spacial score (nSPS) is 15.3. The van der Waals surface area contributed by atoms with Crippen LogP contribution in [0.2, 0.25) is 0 Å². The maximum Gasteiger partial charge on any atom is 0.170 e. The highest BCUT2D eigenvalue weighted by Crippen LogP contribution is 2.43. The molecule has 26 heavy (non-hydrogen) atoms. The zero-order valence-electron chi connectivity index (χ0n) is 15.4. The zero-order valence-corrected chi connectivity index (χ0v) is 16.2. The highest BCUT2D eigenvalue weighted by atomic mass is 32.1. The summed E-state index contributed by atoms with van der Waals surface area (Å²) in [4.78, 5) is 0. The first-order valence-electron chi connectivity index (χ1n) is 8.99. The summed E-state index contributed by atoms with van der Waals surface area (Å²) in [6.45, 7) is 0.807. The molecule has 1 aliphatic carbocycles. The molecule has 2 aromatic rings. The maximum absolute atomic E-state index is 5.50. The van der Waals surface area contributed by atoms with Gasteiger partial charge in [-0.15, -0.1) is 0 Å². The van der Waals surface area contributed by atoms with Crippen LogP contribution in [-0.4, -0.2) is 25.9 Å². The molecule has 0 heterocycles. The highest BCUT2D eigenvalue weighted by molar-refractivity contribution is 7.80. The van der Waals surface area contributed by atoms with Gasteiger partial charge in [0.05, 0.1) is 14.2 Å². The fourth-order valence-electron chi connectivity index (χ4n) is 3.73. The molecule has 0 amide bonds. The average molecular weight is 371 g/mol. The molecule has 138 valence electrons. The molecule has 0 aromatic heterocycles. The van der Waals surface area contributed by atoms with Crippen molar-refractivity contribution in [3.8, 4) is 11.5 Å².